The minimum absolute atomic E-state index is 0.0505. The molecule has 0 radical (unpaired) electrons. The summed E-state index contributed by atoms with van der Waals surface area (Å²) in [5.41, 5.74) is 2.04. The van der Waals surface area contributed by atoms with Gasteiger partial charge < -0.3 is 4.90 Å². The van der Waals surface area contributed by atoms with Crippen molar-refractivity contribution in [1.82, 2.24) is 14.8 Å². The highest BCUT2D eigenvalue weighted by molar-refractivity contribution is 7.93. The van der Waals surface area contributed by atoms with Crippen molar-refractivity contribution in [3.63, 3.8) is 0 Å². The number of pyridine rings is 1. The minimum Gasteiger partial charge on any atom is -0.333 e. The maximum atomic E-state index is 13.8. The maximum Gasteiger partial charge on any atom is 0.264 e. The number of carbonyl (C=O) groups is 1. The molecule has 1 fully saturated rings. The fourth-order valence-corrected chi connectivity index (χ4v) is 6.08. The van der Waals surface area contributed by atoms with Crippen LogP contribution in [-0.4, -0.2) is 54.8 Å². The molecule has 7 nitrogen and oxygen atoms in total. The third-order valence-electron chi connectivity index (χ3n) is 6.63. The Kier molecular flexibility index (Phi) is 7.34. The number of anilines is 1. The summed E-state index contributed by atoms with van der Waals surface area (Å²) in [6.07, 6.45) is 1.56. The van der Waals surface area contributed by atoms with Crippen LogP contribution in [0.1, 0.15) is 22.8 Å². The molecule has 0 aliphatic carbocycles. The Bertz CT molecular complexity index is 1590. The van der Waals surface area contributed by atoms with Crippen molar-refractivity contribution in [2.45, 2.75) is 24.4 Å². The summed E-state index contributed by atoms with van der Waals surface area (Å²) in [4.78, 5) is 21.5. The summed E-state index contributed by atoms with van der Waals surface area (Å²) in [7, 11) is -3.88. The third kappa shape index (κ3) is 5.50. The van der Waals surface area contributed by atoms with Crippen LogP contribution in [0.5, 0.6) is 0 Å². The Labute approximate surface area is 225 Å². The van der Waals surface area contributed by atoms with Crippen LogP contribution in [0.25, 0.3) is 10.9 Å². The highest BCUT2D eigenvalue weighted by Crippen LogP contribution is 2.24. The van der Waals surface area contributed by atoms with Crippen LogP contribution >= 0.6 is 11.6 Å². The molecule has 1 aliphatic heterocycles. The molecule has 10 heteroatoms. The molecule has 5 rings (SSSR count). The highest BCUT2D eigenvalue weighted by Gasteiger charge is 2.28. The van der Waals surface area contributed by atoms with E-state index in [1.807, 2.05) is 6.92 Å². The summed E-state index contributed by atoms with van der Waals surface area (Å²) in [5.74, 6) is -0.562. The number of halogens is 2. The number of amides is 1. The second-order valence-corrected chi connectivity index (χ2v) is 11.4. The number of sulfonamides is 1. The fraction of sp³-hybridized carbons (Fsp3) is 0.214. The first-order chi connectivity index (χ1) is 18.2. The lowest BCUT2D eigenvalue weighted by Crippen LogP contribution is -2.53. The number of para-hydroxylation sites is 1. The molecule has 4 aromatic rings. The van der Waals surface area contributed by atoms with Gasteiger partial charge in [-0.25, -0.2) is 12.8 Å². The molecule has 0 unspecified atom stereocenters. The predicted octanol–water partition coefficient (Wildman–Crippen LogP) is 5.17. The number of carbonyl (C=O) groups excluding carboxylic acids is 1. The van der Waals surface area contributed by atoms with Crippen LogP contribution in [0, 0.1) is 5.82 Å². The van der Waals surface area contributed by atoms with Crippen LogP contribution in [0.15, 0.2) is 83.9 Å². The minimum atomic E-state index is -3.88. The molecule has 1 amide bonds. The van der Waals surface area contributed by atoms with Gasteiger partial charge in [0.2, 0.25) is 0 Å². The summed E-state index contributed by atoms with van der Waals surface area (Å²) >= 11 is 5.78. The Morgan fingerprint density at radius 1 is 1.08 bits per heavy atom. The van der Waals surface area contributed by atoms with E-state index >= 15 is 0 Å². The van der Waals surface area contributed by atoms with Gasteiger partial charge in [0.15, 0.2) is 0 Å². The molecule has 196 valence electrons. The Morgan fingerprint density at radius 3 is 2.58 bits per heavy atom. The lowest BCUT2D eigenvalue weighted by Gasteiger charge is -2.40. The normalized spacial score (nSPS) is 16.5. The average molecular weight is 553 g/mol. The van der Waals surface area contributed by atoms with E-state index in [2.05, 4.69) is 14.6 Å². The van der Waals surface area contributed by atoms with Gasteiger partial charge in [-0.1, -0.05) is 35.9 Å². The van der Waals surface area contributed by atoms with Crippen molar-refractivity contribution in [3.8, 4) is 0 Å². The van der Waals surface area contributed by atoms with Crippen molar-refractivity contribution >= 4 is 44.1 Å². The molecule has 0 saturated carbocycles. The first-order valence-electron chi connectivity index (χ1n) is 12.2. The van der Waals surface area contributed by atoms with E-state index in [0.29, 0.717) is 42.9 Å². The van der Waals surface area contributed by atoms with Crippen molar-refractivity contribution in [1.29, 1.82) is 0 Å². The monoisotopic (exact) mass is 552 g/mol. The number of hydrogen-bond donors (Lipinski definition) is 1. The van der Waals surface area contributed by atoms with Gasteiger partial charge in [-0.05, 0) is 61.0 Å². The zero-order valence-electron chi connectivity index (χ0n) is 20.6. The number of aromatic nitrogens is 1. The van der Waals surface area contributed by atoms with Gasteiger partial charge in [0.25, 0.3) is 15.9 Å². The smallest absolute Gasteiger partial charge is 0.264 e. The third-order valence-corrected chi connectivity index (χ3v) is 8.35. The molecular weight excluding hydrogens is 527 g/mol. The molecule has 1 saturated heterocycles. The van der Waals surface area contributed by atoms with Crippen molar-refractivity contribution in [2.75, 3.05) is 24.4 Å². The molecule has 3 aromatic carbocycles. The van der Waals surface area contributed by atoms with E-state index in [1.54, 1.807) is 71.8 Å². The Balaban J connectivity index is 1.24. The molecule has 0 spiro atoms. The van der Waals surface area contributed by atoms with E-state index in [0.717, 1.165) is 10.9 Å². The molecular formula is C28H26ClFN4O3S. The quantitative estimate of drug-likeness (QED) is 0.357. The number of piperazine rings is 1. The van der Waals surface area contributed by atoms with Gasteiger partial charge in [0.05, 0.1) is 10.5 Å². The molecule has 38 heavy (non-hydrogen) atoms. The van der Waals surface area contributed by atoms with E-state index in [1.165, 1.54) is 12.1 Å². The zero-order valence-corrected chi connectivity index (χ0v) is 22.2. The van der Waals surface area contributed by atoms with E-state index < -0.39 is 15.8 Å². The highest BCUT2D eigenvalue weighted by atomic mass is 35.5. The second kappa shape index (κ2) is 10.7. The lowest BCUT2D eigenvalue weighted by atomic mass is 10.1. The van der Waals surface area contributed by atoms with Crippen molar-refractivity contribution in [2.24, 2.45) is 0 Å². The largest absolute Gasteiger partial charge is 0.333 e. The molecule has 0 bridgehead atoms. The van der Waals surface area contributed by atoms with Gasteiger partial charge in [-0.3, -0.25) is 19.4 Å². The molecule has 1 N–H and O–H groups in total. The summed E-state index contributed by atoms with van der Waals surface area (Å²) in [6.45, 7) is 4.37. The Hall–Kier alpha value is -3.53. The van der Waals surface area contributed by atoms with Gasteiger partial charge in [0.1, 0.15) is 10.7 Å². The first kappa shape index (κ1) is 26.1. The predicted molar refractivity (Wildman–Crippen MR) is 146 cm³/mol. The Morgan fingerprint density at radius 2 is 1.84 bits per heavy atom. The molecule has 1 atom stereocenters. The molecule has 2 heterocycles. The van der Waals surface area contributed by atoms with Gasteiger partial charge in [0, 0.05) is 55.1 Å². The van der Waals surface area contributed by atoms with Gasteiger partial charge >= 0.3 is 0 Å². The van der Waals surface area contributed by atoms with E-state index in [-0.39, 0.29) is 21.9 Å². The summed E-state index contributed by atoms with van der Waals surface area (Å²) < 4.78 is 42.5. The van der Waals surface area contributed by atoms with Crippen LogP contribution in [0.3, 0.4) is 0 Å². The van der Waals surface area contributed by atoms with E-state index in [9.17, 15) is 17.6 Å². The SMILES string of the molecule is C[C@@H]1CN(Cc2ccc(Cl)c(F)c2)CCN1C(=O)c1ccc(NS(=O)(=O)c2cccc3cccnc23)cc1. The van der Waals surface area contributed by atoms with Gasteiger partial charge in [-0.15, -0.1) is 0 Å². The molecule has 1 aromatic heterocycles. The summed E-state index contributed by atoms with van der Waals surface area (Å²) in [5, 5.41) is 0.827. The first-order valence-corrected chi connectivity index (χ1v) is 14.0. The van der Waals surface area contributed by atoms with Crippen LogP contribution in [0.4, 0.5) is 10.1 Å². The van der Waals surface area contributed by atoms with Crippen LogP contribution in [-0.2, 0) is 16.6 Å². The number of hydrogen-bond acceptors (Lipinski definition) is 5. The summed E-state index contributed by atoms with van der Waals surface area (Å²) in [6, 6.07) is 19.7. The topological polar surface area (TPSA) is 82.6 Å². The van der Waals surface area contributed by atoms with E-state index in [4.69, 9.17) is 11.6 Å². The second-order valence-electron chi connectivity index (χ2n) is 9.35. The number of nitrogens with zero attached hydrogens (tertiary/aromatic N) is 3. The number of fused-ring (bicyclic) bond motifs is 1. The fourth-order valence-electron chi connectivity index (χ4n) is 4.72. The average Bonchev–Trinajstić information content (AvgIpc) is 2.90. The number of rotatable bonds is 6. The van der Waals surface area contributed by atoms with Gasteiger partial charge in [-0.2, -0.15) is 0 Å². The standard InChI is InChI=1S/C28H26ClFN4O3S/c1-19-17-33(18-20-7-12-24(29)25(30)16-20)14-15-34(19)28(35)22-8-10-23(11-9-22)32-38(36,37)26-6-2-4-21-5-3-13-31-27(21)26/h2-13,16,19,32H,14-15,17-18H2,1H3/t19-/m1/s1. The number of nitrogens with one attached hydrogen (secondary N) is 1. The van der Waals surface area contributed by atoms with Crippen LogP contribution < -0.4 is 4.72 Å². The van der Waals surface area contributed by atoms with Crippen molar-refractivity contribution in [3.05, 3.63) is 101 Å². The van der Waals surface area contributed by atoms with Crippen LogP contribution in [0.2, 0.25) is 5.02 Å². The maximum absolute atomic E-state index is 13.8. The number of benzene rings is 3. The lowest BCUT2D eigenvalue weighted by molar-refractivity contribution is 0.0475. The van der Waals surface area contributed by atoms with Crippen molar-refractivity contribution < 1.29 is 17.6 Å². The zero-order chi connectivity index (χ0) is 26.9. The molecule has 1 aliphatic rings.